The van der Waals surface area contributed by atoms with Crippen LogP contribution < -0.4 is 10.6 Å². The van der Waals surface area contributed by atoms with E-state index in [0.717, 1.165) is 55.2 Å². The molecule has 1 aliphatic heterocycles. The summed E-state index contributed by atoms with van der Waals surface area (Å²) >= 11 is 0. The normalized spacial score (nSPS) is 15.2. The standard InChI is InChI=1S/C18H22FN4.Ac/c19-16-3-5-17(6-4-16)23-9-7-22(8-10-23)13-15-2-1-14(12-20)11-18(15)21;/h1-6,11,20H,7-10,12-13,21H2;/q-1;. The second-order valence-corrected chi connectivity index (χ2v) is 5.95. The van der Waals surface area contributed by atoms with E-state index in [4.69, 9.17) is 11.5 Å². The van der Waals surface area contributed by atoms with Crippen molar-refractivity contribution in [3.8, 4) is 0 Å². The molecular weight excluding hydrogens is 518 g/mol. The van der Waals surface area contributed by atoms with Gasteiger partial charge in [-0.2, -0.15) is 0 Å². The monoisotopic (exact) mass is 540 g/mol. The van der Waals surface area contributed by atoms with Gasteiger partial charge >= 0.3 is 0 Å². The fourth-order valence-electron chi connectivity index (χ4n) is 2.96. The molecule has 0 saturated carbocycles. The third kappa shape index (κ3) is 4.92. The Morgan fingerprint density at radius 2 is 1.67 bits per heavy atom. The predicted molar refractivity (Wildman–Crippen MR) is 92.8 cm³/mol. The van der Waals surface area contributed by atoms with Crippen molar-refractivity contribution in [2.24, 2.45) is 0 Å². The number of anilines is 2. The van der Waals surface area contributed by atoms with Crippen molar-refractivity contribution in [3.63, 3.8) is 0 Å². The Balaban J connectivity index is 0.00000208. The van der Waals surface area contributed by atoms with Crippen LogP contribution >= 0.6 is 0 Å². The molecule has 1 heterocycles. The van der Waals surface area contributed by atoms with Gasteiger partial charge in [0.15, 0.2) is 0 Å². The van der Waals surface area contributed by atoms with Crippen molar-refractivity contribution in [2.45, 2.75) is 13.1 Å². The van der Waals surface area contributed by atoms with Crippen LogP contribution in [0.5, 0.6) is 0 Å². The number of nitrogens with one attached hydrogen (secondary N) is 1. The molecule has 3 rings (SSSR count). The first-order valence-corrected chi connectivity index (χ1v) is 7.90. The van der Waals surface area contributed by atoms with Gasteiger partial charge in [0.25, 0.3) is 0 Å². The van der Waals surface area contributed by atoms with E-state index in [1.54, 1.807) is 0 Å². The van der Waals surface area contributed by atoms with Gasteiger partial charge in [0.1, 0.15) is 5.82 Å². The summed E-state index contributed by atoms with van der Waals surface area (Å²) in [6, 6.07) is 12.6. The molecule has 3 N–H and O–H groups in total. The summed E-state index contributed by atoms with van der Waals surface area (Å²) in [7, 11) is 0. The smallest absolute Gasteiger partial charge is 0.123 e. The Labute approximate surface area is 178 Å². The maximum atomic E-state index is 13.0. The molecule has 1 saturated heterocycles. The Bertz CT molecular complexity index is 655. The van der Waals surface area contributed by atoms with Crippen molar-refractivity contribution < 1.29 is 48.5 Å². The summed E-state index contributed by atoms with van der Waals surface area (Å²) < 4.78 is 13.0. The van der Waals surface area contributed by atoms with Crippen LogP contribution in [0.15, 0.2) is 42.5 Å². The van der Waals surface area contributed by atoms with Crippen LogP contribution in [0, 0.1) is 49.9 Å². The van der Waals surface area contributed by atoms with Crippen molar-refractivity contribution in [2.75, 3.05) is 36.8 Å². The summed E-state index contributed by atoms with van der Waals surface area (Å²) in [4.78, 5) is 4.66. The molecule has 24 heavy (non-hydrogen) atoms. The molecule has 0 amide bonds. The third-order valence-electron chi connectivity index (χ3n) is 4.37. The minimum atomic E-state index is -0.195. The molecule has 0 unspecified atom stereocenters. The Morgan fingerprint density at radius 3 is 2.25 bits per heavy atom. The Hall–Kier alpha value is -0.668. The van der Waals surface area contributed by atoms with Crippen LogP contribution in [-0.2, 0) is 13.1 Å². The number of piperazine rings is 1. The topological polar surface area (TPSA) is 56.3 Å². The molecule has 1 fully saturated rings. The van der Waals surface area contributed by atoms with E-state index in [9.17, 15) is 4.39 Å². The number of rotatable bonds is 4. The summed E-state index contributed by atoms with van der Waals surface area (Å²) in [5.74, 6) is -0.195. The number of nitrogens with two attached hydrogens (primary N) is 1. The van der Waals surface area contributed by atoms with Crippen LogP contribution in [0.3, 0.4) is 0 Å². The maximum Gasteiger partial charge on any atom is 0.123 e. The summed E-state index contributed by atoms with van der Waals surface area (Å²) in [5, 5.41) is 0. The van der Waals surface area contributed by atoms with E-state index in [1.165, 1.54) is 12.1 Å². The predicted octanol–water partition coefficient (Wildman–Crippen LogP) is 3.28. The number of nitrogen functional groups attached to an aromatic ring is 1. The minimum absolute atomic E-state index is 0. The molecule has 0 aromatic heterocycles. The van der Waals surface area contributed by atoms with Crippen LogP contribution in [0.4, 0.5) is 15.8 Å². The zero-order valence-electron chi connectivity index (χ0n) is 13.7. The van der Waals surface area contributed by atoms with Gasteiger partial charge < -0.3 is 16.4 Å². The SMILES string of the molecule is [Ac].[NH-]Cc1ccc(CN2CCN(c3ccc(F)cc3)CC2)c(N)c1. The molecule has 0 aliphatic carbocycles. The first kappa shape index (κ1) is 19.7. The van der Waals surface area contributed by atoms with Crippen molar-refractivity contribution in [1.29, 1.82) is 0 Å². The van der Waals surface area contributed by atoms with Gasteiger partial charge in [-0.25, -0.2) is 4.39 Å². The van der Waals surface area contributed by atoms with E-state index in [1.807, 2.05) is 30.3 Å². The van der Waals surface area contributed by atoms with Gasteiger partial charge in [-0.3, -0.25) is 4.90 Å². The van der Waals surface area contributed by atoms with E-state index < -0.39 is 0 Å². The first-order chi connectivity index (χ1) is 11.2. The van der Waals surface area contributed by atoms with Crippen molar-refractivity contribution in [3.05, 3.63) is 65.1 Å². The number of benzene rings is 2. The van der Waals surface area contributed by atoms with Gasteiger partial charge in [-0.15, -0.1) is 6.54 Å². The van der Waals surface area contributed by atoms with Gasteiger partial charge in [0.2, 0.25) is 0 Å². The molecule has 2 aromatic carbocycles. The molecule has 125 valence electrons. The summed E-state index contributed by atoms with van der Waals surface area (Å²) in [6.45, 7) is 4.86. The number of nitrogens with zero attached hydrogens (tertiary/aromatic N) is 2. The van der Waals surface area contributed by atoms with Crippen molar-refractivity contribution in [1.82, 2.24) is 4.90 Å². The molecule has 0 spiro atoms. The number of halogens is 1. The zero-order chi connectivity index (χ0) is 16.2. The van der Waals surface area contributed by atoms with Crippen LogP contribution in [0.1, 0.15) is 11.1 Å². The quantitative estimate of drug-likeness (QED) is 0.606. The fraction of sp³-hybridized carbons (Fsp3) is 0.333. The molecule has 0 atom stereocenters. The fourth-order valence-corrected chi connectivity index (χ4v) is 2.96. The average molecular weight is 540 g/mol. The Morgan fingerprint density at radius 1 is 1.00 bits per heavy atom. The Kier molecular flexibility index (Phi) is 7.49. The molecular formula is C18H22AcFN4-. The molecule has 1 radical (unpaired) electrons. The van der Waals surface area contributed by atoms with E-state index in [0.29, 0.717) is 0 Å². The van der Waals surface area contributed by atoms with E-state index in [2.05, 4.69) is 9.80 Å². The number of hydrogen-bond donors (Lipinski definition) is 1. The van der Waals surface area contributed by atoms with Crippen LogP contribution in [0.2, 0.25) is 0 Å². The molecule has 6 heteroatoms. The van der Waals surface area contributed by atoms with E-state index >= 15 is 0 Å². The second kappa shape index (κ2) is 9.15. The maximum absolute atomic E-state index is 13.0. The summed E-state index contributed by atoms with van der Waals surface area (Å²) in [5.41, 5.74) is 17.4. The zero-order valence-corrected chi connectivity index (χ0v) is 18.5. The van der Waals surface area contributed by atoms with Gasteiger partial charge in [-0.05, 0) is 35.9 Å². The third-order valence-corrected chi connectivity index (χ3v) is 4.37. The average Bonchev–Trinajstić information content (AvgIpc) is 2.58. The molecule has 4 nitrogen and oxygen atoms in total. The molecule has 1 aliphatic rings. The van der Waals surface area contributed by atoms with Crippen LogP contribution in [0.25, 0.3) is 5.73 Å². The van der Waals surface area contributed by atoms with Crippen LogP contribution in [-0.4, -0.2) is 31.1 Å². The first-order valence-electron chi connectivity index (χ1n) is 7.90. The molecule has 0 bridgehead atoms. The second-order valence-electron chi connectivity index (χ2n) is 5.95. The largest absolute Gasteiger partial charge is 0.674 e. The molecule has 2 aromatic rings. The van der Waals surface area contributed by atoms with Gasteiger partial charge in [-0.1, -0.05) is 17.7 Å². The van der Waals surface area contributed by atoms with Gasteiger partial charge in [0, 0.05) is 88.2 Å². The summed E-state index contributed by atoms with van der Waals surface area (Å²) in [6.07, 6.45) is 0. The number of hydrogen-bond acceptors (Lipinski definition) is 3. The minimum Gasteiger partial charge on any atom is -0.674 e. The van der Waals surface area contributed by atoms with E-state index in [-0.39, 0.29) is 56.4 Å². The van der Waals surface area contributed by atoms with Gasteiger partial charge in [0.05, 0.1) is 0 Å². The van der Waals surface area contributed by atoms with Crippen molar-refractivity contribution >= 4 is 11.4 Å².